The number of aromatic nitrogens is 6. The molecule has 0 spiro atoms. The number of hydrogen-bond donors (Lipinski definition) is 3. The molecule has 41 heavy (non-hydrogen) atoms. The summed E-state index contributed by atoms with van der Waals surface area (Å²) >= 11 is 0. The van der Waals surface area contributed by atoms with Crippen LogP contribution in [0.25, 0.3) is 5.95 Å². The van der Waals surface area contributed by atoms with E-state index in [9.17, 15) is 14.3 Å². The average molecular weight is 576 g/mol. The quantitative estimate of drug-likeness (QED) is 0.321. The number of piperidine rings is 1. The number of aliphatic hydroxyl groups excluding tert-OH is 1. The molecule has 0 amide bonds. The molecule has 1 aromatic carbocycles. The molecule has 2 aliphatic heterocycles. The van der Waals surface area contributed by atoms with Gasteiger partial charge in [-0.2, -0.15) is 15.2 Å². The summed E-state index contributed by atoms with van der Waals surface area (Å²) in [5.74, 6) is -2.42. The second-order valence-electron chi connectivity index (χ2n) is 10.3. The van der Waals surface area contributed by atoms with Gasteiger partial charge in [0, 0.05) is 31.2 Å². The molecule has 2 bridgehead atoms. The molecule has 2 fully saturated rings. The summed E-state index contributed by atoms with van der Waals surface area (Å²) in [6.07, 6.45) is 3.16. The molecule has 2 saturated heterocycles. The van der Waals surface area contributed by atoms with Crippen molar-refractivity contribution in [2.75, 3.05) is 6.54 Å². The Hall–Kier alpha value is -3.95. The van der Waals surface area contributed by atoms with E-state index >= 15 is 0 Å². The number of aliphatic carboxylic acids is 2. The number of carboxylic acids is 2. The van der Waals surface area contributed by atoms with Crippen molar-refractivity contribution in [3.05, 3.63) is 57.8 Å². The molecule has 2 aliphatic rings. The summed E-state index contributed by atoms with van der Waals surface area (Å²) in [6.45, 7) is 4.35. The third-order valence-corrected chi connectivity index (χ3v) is 7.31. The maximum Gasteiger partial charge on any atom is 0.414 e. The molecule has 3 unspecified atom stereocenters. The zero-order valence-corrected chi connectivity index (χ0v) is 23.1. The molecule has 3 aromatic rings. The van der Waals surface area contributed by atoms with Gasteiger partial charge < -0.3 is 20.1 Å². The smallest absolute Gasteiger partial charge is 0.414 e. The number of carbonyl (C=O) groups is 2. The molecule has 4 heterocycles. The summed E-state index contributed by atoms with van der Waals surface area (Å²) in [4.78, 5) is 37.9. The van der Waals surface area contributed by atoms with Crippen LogP contribution < -0.4 is 5.69 Å². The van der Waals surface area contributed by atoms with Gasteiger partial charge in [0.1, 0.15) is 17.5 Å². The third kappa shape index (κ3) is 7.04. The molecule has 14 nitrogen and oxygen atoms in total. The summed E-state index contributed by atoms with van der Waals surface area (Å²) in [5, 5.41) is 34.2. The third-order valence-electron chi connectivity index (χ3n) is 7.31. The highest BCUT2D eigenvalue weighted by Gasteiger charge is 2.41. The maximum atomic E-state index is 13.9. The van der Waals surface area contributed by atoms with Crippen molar-refractivity contribution in [1.29, 1.82) is 0 Å². The van der Waals surface area contributed by atoms with Crippen LogP contribution in [0.3, 0.4) is 0 Å². The van der Waals surface area contributed by atoms with Gasteiger partial charge in [0.2, 0.25) is 5.95 Å². The fourth-order valence-electron chi connectivity index (χ4n) is 5.54. The Kier molecular flexibility index (Phi) is 9.30. The van der Waals surface area contributed by atoms with Crippen LogP contribution in [0, 0.1) is 19.7 Å². The predicted octanol–water partition coefficient (Wildman–Crippen LogP) is 0.647. The fourth-order valence-corrected chi connectivity index (χ4v) is 5.54. The summed E-state index contributed by atoms with van der Waals surface area (Å²) in [6, 6.07) is 7.33. The van der Waals surface area contributed by atoms with E-state index in [1.165, 1.54) is 15.3 Å². The molecular formula is C26H34FN7O7. The van der Waals surface area contributed by atoms with Gasteiger partial charge in [-0.25, -0.2) is 32.7 Å². The monoisotopic (exact) mass is 575 g/mol. The lowest BCUT2D eigenvalue weighted by Crippen LogP contribution is -2.49. The van der Waals surface area contributed by atoms with E-state index in [-0.39, 0.29) is 30.8 Å². The number of hydrogen-bond acceptors (Lipinski definition) is 9. The Balaban J connectivity index is 0.000000585. The SMILES string of the molecule is Cc1nc(-n2c(C)nn(CC(O)CN3C4CCC3CC(OCc3ccccc3F)C4)c2=O)n(C)n1.O=C(O)C(=O)O. The molecular weight excluding hydrogens is 541 g/mol. The molecule has 15 heteroatoms. The molecule has 222 valence electrons. The standard InChI is InChI=1S/C24H32FN7O3.C2H2O4/c1-15-26-23(29(3)27-15)32-16(2)28-31(24(32)34)13-20(33)12-30-18-8-9-19(30)11-21(10-18)35-14-17-6-4-5-7-22(17)25;3-1(4)2(5)6/h4-7,18-21,33H,8-14H2,1-3H3;(H,3,4)(H,5,6). The fraction of sp³-hybridized carbons (Fsp3) is 0.538. The van der Waals surface area contributed by atoms with Gasteiger partial charge in [-0.1, -0.05) is 18.2 Å². The topological polar surface area (TPSA) is 178 Å². The van der Waals surface area contributed by atoms with Crippen molar-refractivity contribution < 1.29 is 34.0 Å². The Morgan fingerprint density at radius 3 is 2.27 bits per heavy atom. The number of aryl methyl sites for hydroxylation is 3. The Labute approximate surface area is 234 Å². The minimum Gasteiger partial charge on any atom is -0.473 e. The van der Waals surface area contributed by atoms with E-state index in [4.69, 9.17) is 24.5 Å². The van der Waals surface area contributed by atoms with Crippen LogP contribution in [0.1, 0.15) is 42.9 Å². The normalized spacial score (nSPS) is 20.9. The Morgan fingerprint density at radius 2 is 1.71 bits per heavy atom. The van der Waals surface area contributed by atoms with E-state index in [2.05, 4.69) is 20.1 Å². The molecule has 0 saturated carbocycles. The van der Waals surface area contributed by atoms with Gasteiger partial charge in [0.05, 0.1) is 25.4 Å². The number of benzene rings is 1. The number of rotatable bonds is 8. The van der Waals surface area contributed by atoms with Crippen molar-refractivity contribution in [2.24, 2.45) is 7.05 Å². The van der Waals surface area contributed by atoms with E-state index in [0.29, 0.717) is 41.8 Å². The number of halogens is 1. The van der Waals surface area contributed by atoms with Crippen molar-refractivity contribution in [2.45, 2.75) is 77.0 Å². The van der Waals surface area contributed by atoms with Crippen molar-refractivity contribution >= 4 is 11.9 Å². The van der Waals surface area contributed by atoms with Gasteiger partial charge in [-0.15, -0.1) is 0 Å². The van der Waals surface area contributed by atoms with Crippen molar-refractivity contribution in [1.82, 2.24) is 34.0 Å². The van der Waals surface area contributed by atoms with Crippen LogP contribution in [0.2, 0.25) is 0 Å². The Bertz CT molecular complexity index is 1430. The van der Waals surface area contributed by atoms with Gasteiger partial charge in [-0.05, 0) is 45.6 Å². The van der Waals surface area contributed by atoms with Crippen LogP contribution in [0.4, 0.5) is 4.39 Å². The number of fused-ring (bicyclic) bond motifs is 2. The van der Waals surface area contributed by atoms with Crippen LogP contribution in [0.5, 0.6) is 0 Å². The van der Waals surface area contributed by atoms with Gasteiger partial charge in [-0.3, -0.25) is 4.90 Å². The second-order valence-corrected chi connectivity index (χ2v) is 10.3. The number of ether oxygens (including phenoxy) is 1. The van der Waals surface area contributed by atoms with Crippen LogP contribution in [-0.2, 0) is 34.5 Å². The highest BCUT2D eigenvalue weighted by atomic mass is 19.1. The maximum absolute atomic E-state index is 13.9. The first-order valence-electron chi connectivity index (χ1n) is 13.2. The van der Waals surface area contributed by atoms with Crippen molar-refractivity contribution in [3.8, 4) is 5.95 Å². The Morgan fingerprint density at radius 1 is 1.07 bits per heavy atom. The highest BCUT2D eigenvalue weighted by Crippen LogP contribution is 2.37. The predicted molar refractivity (Wildman–Crippen MR) is 141 cm³/mol. The van der Waals surface area contributed by atoms with E-state index in [1.54, 1.807) is 37.7 Å². The average Bonchev–Trinajstić information content (AvgIpc) is 3.45. The minimum atomic E-state index is -1.82. The lowest BCUT2D eigenvalue weighted by molar-refractivity contribution is -0.159. The van der Waals surface area contributed by atoms with E-state index < -0.39 is 18.0 Å². The van der Waals surface area contributed by atoms with E-state index in [0.717, 1.165) is 25.7 Å². The lowest BCUT2D eigenvalue weighted by atomic mass is 9.99. The number of aliphatic hydroxyl groups is 1. The van der Waals surface area contributed by atoms with E-state index in [1.807, 2.05) is 6.07 Å². The molecule has 5 rings (SSSR count). The first-order chi connectivity index (χ1) is 19.4. The van der Waals surface area contributed by atoms with Gasteiger partial charge in [0.15, 0.2) is 0 Å². The largest absolute Gasteiger partial charge is 0.473 e. The molecule has 0 radical (unpaired) electrons. The molecule has 3 atom stereocenters. The van der Waals surface area contributed by atoms with Gasteiger partial charge >= 0.3 is 17.6 Å². The number of carboxylic acid groups (broad SMARTS) is 2. The van der Waals surface area contributed by atoms with Gasteiger partial charge in [0.25, 0.3) is 0 Å². The lowest BCUT2D eigenvalue weighted by Gasteiger charge is -2.39. The van der Waals surface area contributed by atoms with Crippen molar-refractivity contribution in [3.63, 3.8) is 0 Å². The molecule has 3 N–H and O–H groups in total. The molecule has 2 aromatic heterocycles. The van der Waals surface area contributed by atoms with Crippen LogP contribution in [-0.4, -0.2) is 92.1 Å². The zero-order valence-electron chi connectivity index (χ0n) is 23.1. The van der Waals surface area contributed by atoms with Crippen LogP contribution >= 0.6 is 0 Å². The summed E-state index contributed by atoms with van der Waals surface area (Å²) in [7, 11) is 1.73. The minimum absolute atomic E-state index is 0.0799. The highest BCUT2D eigenvalue weighted by molar-refractivity contribution is 6.27. The molecule has 0 aliphatic carbocycles. The zero-order chi connectivity index (χ0) is 29.8. The second kappa shape index (κ2) is 12.7. The van der Waals surface area contributed by atoms with Crippen LogP contribution in [0.15, 0.2) is 29.1 Å². The first-order valence-corrected chi connectivity index (χ1v) is 13.2. The summed E-state index contributed by atoms with van der Waals surface area (Å²) in [5.41, 5.74) is 0.231. The first kappa shape index (κ1) is 30.0. The summed E-state index contributed by atoms with van der Waals surface area (Å²) < 4.78 is 24.2. The number of nitrogens with zero attached hydrogens (tertiary/aromatic N) is 7.